The predicted molar refractivity (Wildman–Crippen MR) is 75.2 cm³/mol. The maximum atomic E-state index is 8.91. The molecule has 0 bridgehead atoms. The third-order valence-corrected chi connectivity index (χ3v) is 4.20. The van der Waals surface area contributed by atoms with Gasteiger partial charge in [0.15, 0.2) is 5.79 Å². The fraction of sp³-hybridized carbons (Fsp3) is 0.562. The van der Waals surface area contributed by atoms with E-state index in [1.54, 1.807) is 0 Å². The fourth-order valence-corrected chi connectivity index (χ4v) is 2.99. The van der Waals surface area contributed by atoms with Crippen LogP contribution in [0.4, 0.5) is 0 Å². The molecular weight excluding hydrogens is 252 g/mol. The molecule has 0 N–H and O–H groups in total. The Labute approximate surface area is 119 Å². The molecule has 0 radical (unpaired) electrons. The average molecular weight is 272 g/mol. The van der Waals surface area contributed by atoms with Crippen LogP contribution in [0.2, 0.25) is 0 Å². The van der Waals surface area contributed by atoms with Gasteiger partial charge in [0.05, 0.1) is 24.8 Å². The molecule has 106 valence electrons. The second kappa shape index (κ2) is 5.92. The van der Waals surface area contributed by atoms with E-state index in [2.05, 4.69) is 17.0 Å². The summed E-state index contributed by atoms with van der Waals surface area (Å²) in [5, 5.41) is 8.91. The second-order valence-corrected chi connectivity index (χ2v) is 5.51. The molecule has 1 spiro atoms. The van der Waals surface area contributed by atoms with Gasteiger partial charge in [-0.25, -0.2) is 0 Å². The molecule has 0 aromatic heterocycles. The molecule has 20 heavy (non-hydrogen) atoms. The van der Waals surface area contributed by atoms with E-state index >= 15 is 0 Å². The van der Waals surface area contributed by atoms with Crippen LogP contribution in [0.3, 0.4) is 0 Å². The van der Waals surface area contributed by atoms with Gasteiger partial charge in [-0.05, 0) is 24.1 Å². The Hall–Kier alpha value is -1.41. The molecule has 0 atom stereocenters. The molecule has 0 saturated carbocycles. The molecule has 0 aliphatic carbocycles. The van der Waals surface area contributed by atoms with E-state index < -0.39 is 0 Å². The Morgan fingerprint density at radius 2 is 1.95 bits per heavy atom. The number of hydrogen-bond acceptors (Lipinski definition) is 4. The lowest BCUT2D eigenvalue weighted by Crippen LogP contribution is -2.45. The van der Waals surface area contributed by atoms with Gasteiger partial charge in [0.25, 0.3) is 0 Å². The number of nitriles is 1. The number of piperidine rings is 1. The SMILES string of the molecule is N#Cc1cccc(CCN2CCC3(CC2)OCCO3)c1. The van der Waals surface area contributed by atoms with E-state index in [4.69, 9.17) is 14.7 Å². The highest BCUT2D eigenvalue weighted by Crippen LogP contribution is 2.31. The van der Waals surface area contributed by atoms with Crippen LogP contribution in [0.1, 0.15) is 24.0 Å². The van der Waals surface area contributed by atoms with Crippen molar-refractivity contribution in [1.29, 1.82) is 5.26 Å². The fourth-order valence-electron chi connectivity index (χ4n) is 2.99. The molecular formula is C16H20N2O2. The summed E-state index contributed by atoms with van der Waals surface area (Å²) in [6.07, 6.45) is 2.92. The normalized spacial score (nSPS) is 21.9. The van der Waals surface area contributed by atoms with Gasteiger partial charge in [-0.15, -0.1) is 0 Å². The first-order valence-electron chi connectivity index (χ1n) is 7.29. The molecule has 2 fully saturated rings. The zero-order chi connectivity index (χ0) is 13.8. The van der Waals surface area contributed by atoms with Crippen LogP contribution in [-0.4, -0.2) is 43.5 Å². The molecule has 0 unspecified atom stereocenters. The summed E-state index contributed by atoms with van der Waals surface area (Å²) < 4.78 is 11.5. The average Bonchev–Trinajstić information content (AvgIpc) is 2.95. The van der Waals surface area contributed by atoms with Gasteiger partial charge in [-0.3, -0.25) is 0 Å². The Balaban J connectivity index is 1.49. The van der Waals surface area contributed by atoms with Crippen molar-refractivity contribution in [1.82, 2.24) is 4.90 Å². The van der Waals surface area contributed by atoms with Gasteiger partial charge in [0.1, 0.15) is 0 Å². The minimum absolute atomic E-state index is 0.281. The highest BCUT2D eigenvalue weighted by molar-refractivity contribution is 5.32. The van der Waals surface area contributed by atoms with Gasteiger partial charge in [0, 0.05) is 32.5 Å². The van der Waals surface area contributed by atoms with Crippen LogP contribution in [0, 0.1) is 11.3 Å². The number of hydrogen-bond donors (Lipinski definition) is 0. The van der Waals surface area contributed by atoms with E-state index in [9.17, 15) is 0 Å². The number of rotatable bonds is 3. The van der Waals surface area contributed by atoms with Crippen molar-refractivity contribution < 1.29 is 9.47 Å². The molecule has 1 aromatic rings. The van der Waals surface area contributed by atoms with E-state index in [1.165, 1.54) is 5.56 Å². The van der Waals surface area contributed by atoms with Gasteiger partial charge < -0.3 is 14.4 Å². The summed E-state index contributed by atoms with van der Waals surface area (Å²) in [4.78, 5) is 2.45. The van der Waals surface area contributed by atoms with Crippen molar-refractivity contribution in [2.75, 3.05) is 32.8 Å². The number of ether oxygens (including phenoxy) is 2. The molecule has 2 aliphatic rings. The minimum atomic E-state index is -0.281. The number of nitrogens with zero attached hydrogens (tertiary/aromatic N) is 2. The summed E-state index contributed by atoms with van der Waals surface area (Å²) in [7, 11) is 0. The van der Waals surface area contributed by atoms with E-state index in [1.807, 2.05) is 18.2 Å². The minimum Gasteiger partial charge on any atom is -0.347 e. The molecule has 2 aliphatic heterocycles. The van der Waals surface area contributed by atoms with Crippen LogP contribution in [0.15, 0.2) is 24.3 Å². The van der Waals surface area contributed by atoms with Gasteiger partial charge in [-0.2, -0.15) is 5.26 Å². The molecule has 2 saturated heterocycles. The van der Waals surface area contributed by atoms with Crippen LogP contribution in [0.5, 0.6) is 0 Å². The van der Waals surface area contributed by atoms with Crippen molar-refractivity contribution in [2.24, 2.45) is 0 Å². The maximum Gasteiger partial charge on any atom is 0.170 e. The van der Waals surface area contributed by atoms with Crippen molar-refractivity contribution in [3.63, 3.8) is 0 Å². The lowest BCUT2D eigenvalue weighted by molar-refractivity contribution is -0.185. The quantitative estimate of drug-likeness (QED) is 0.843. The zero-order valence-electron chi connectivity index (χ0n) is 11.7. The topological polar surface area (TPSA) is 45.5 Å². The largest absolute Gasteiger partial charge is 0.347 e. The smallest absolute Gasteiger partial charge is 0.170 e. The zero-order valence-corrected chi connectivity index (χ0v) is 11.7. The summed E-state index contributed by atoms with van der Waals surface area (Å²) in [5.41, 5.74) is 1.98. The molecule has 4 nitrogen and oxygen atoms in total. The van der Waals surface area contributed by atoms with Gasteiger partial charge in [0.2, 0.25) is 0 Å². The molecule has 4 heteroatoms. The third kappa shape index (κ3) is 3.01. The number of likely N-dealkylation sites (tertiary alicyclic amines) is 1. The van der Waals surface area contributed by atoms with Gasteiger partial charge in [-0.1, -0.05) is 12.1 Å². The summed E-state index contributed by atoms with van der Waals surface area (Å²) in [5.74, 6) is -0.281. The van der Waals surface area contributed by atoms with Crippen LogP contribution >= 0.6 is 0 Å². The van der Waals surface area contributed by atoms with E-state index in [0.717, 1.165) is 57.7 Å². The van der Waals surface area contributed by atoms with Crippen molar-refractivity contribution in [3.05, 3.63) is 35.4 Å². The third-order valence-electron chi connectivity index (χ3n) is 4.20. The van der Waals surface area contributed by atoms with Crippen LogP contribution < -0.4 is 0 Å². The highest BCUT2D eigenvalue weighted by Gasteiger charge is 2.39. The summed E-state index contributed by atoms with van der Waals surface area (Å²) >= 11 is 0. The van der Waals surface area contributed by atoms with Crippen molar-refractivity contribution in [3.8, 4) is 6.07 Å². The summed E-state index contributed by atoms with van der Waals surface area (Å²) in [6.45, 7) is 4.56. The van der Waals surface area contributed by atoms with E-state index in [-0.39, 0.29) is 5.79 Å². The standard InChI is InChI=1S/C16H20N2O2/c17-13-15-3-1-2-14(12-15)4-7-18-8-5-16(6-9-18)19-10-11-20-16/h1-3,12H,4-11H2. The van der Waals surface area contributed by atoms with E-state index in [0.29, 0.717) is 0 Å². The first kappa shape index (κ1) is 13.6. The summed E-state index contributed by atoms with van der Waals surface area (Å²) in [6, 6.07) is 10.1. The van der Waals surface area contributed by atoms with Crippen molar-refractivity contribution >= 4 is 0 Å². The Morgan fingerprint density at radius 1 is 1.20 bits per heavy atom. The Bertz CT molecular complexity index is 493. The Kier molecular flexibility index (Phi) is 4.02. The van der Waals surface area contributed by atoms with Crippen molar-refractivity contribution in [2.45, 2.75) is 25.0 Å². The second-order valence-electron chi connectivity index (χ2n) is 5.51. The maximum absolute atomic E-state index is 8.91. The highest BCUT2D eigenvalue weighted by atomic mass is 16.7. The molecule has 2 heterocycles. The van der Waals surface area contributed by atoms with Crippen LogP contribution in [-0.2, 0) is 15.9 Å². The van der Waals surface area contributed by atoms with Crippen LogP contribution in [0.25, 0.3) is 0 Å². The molecule has 3 rings (SSSR count). The molecule has 0 amide bonds. The number of benzene rings is 1. The molecule has 1 aromatic carbocycles. The first-order valence-corrected chi connectivity index (χ1v) is 7.29. The monoisotopic (exact) mass is 272 g/mol. The first-order chi connectivity index (χ1) is 9.80. The lowest BCUT2D eigenvalue weighted by atomic mass is 10.0. The lowest BCUT2D eigenvalue weighted by Gasteiger charge is -2.37. The van der Waals surface area contributed by atoms with Gasteiger partial charge >= 0.3 is 0 Å². The Morgan fingerprint density at radius 3 is 2.65 bits per heavy atom. The predicted octanol–water partition coefficient (Wildman–Crippen LogP) is 1.94.